The zero-order chi connectivity index (χ0) is 23.1. The Kier molecular flexibility index (Phi) is 8.02. The number of hydrogen-bond acceptors (Lipinski definition) is 7. The van der Waals surface area contributed by atoms with E-state index in [2.05, 4.69) is 9.88 Å². The van der Waals surface area contributed by atoms with E-state index in [0.29, 0.717) is 25.6 Å². The number of piperidine rings is 1. The fraction of sp³-hybridized carbons (Fsp3) is 0.500. The van der Waals surface area contributed by atoms with Gasteiger partial charge in [0.05, 0.1) is 18.8 Å². The van der Waals surface area contributed by atoms with Crippen molar-refractivity contribution in [2.45, 2.75) is 31.5 Å². The second kappa shape index (κ2) is 10.7. The van der Waals surface area contributed by atoms with Gasteiger partial charge < -0.3 is 19.6 Å². The summed E-state index contributed by atoms with van der Waals surface area (Å²) in [6.07, 6.45) is 0.408. The number of halogens is 3. The fourth-order valence-electron chi connectivity index (χ4n) is 3.44. The van der Waals surface area contributed by atoms with Crippen molar-refractivity contribution < 1.29 is 32.6 Å². The SMILES string of the molecule is O=C(O)C(F)(F)F.O=C(c1ccsc1)N1CCOCC1c1nccc(N2CCCCC2)n1. The fourth-order valence-corrected chi connectivity index (χ4v) is 4.07. The Labute approximate surface area is 186 Å². The number of alkyl halides is 3. The zero-order valence-electron chi connectivity index (χ0n) is 17.1. The predicted molar refractivity (Wildman–Crippen MR) is 111 cm³/mol. The van der Waals surface area contributed by atoms with Crippen molar-refractivity contribution in [1.29, 1.82) is 0 Å². The first-order valence-corrected chi connectivity index (χ1v) is 11.0. The molecule has 2 saturated heterocycles. The number of morpholine rings is 1. The molecule has 2 aliphatic rings. The van der Waals surface area contributed by atoms with E-state index in [4.69, 9.17) is 19.6 Å². The van der Waals surface area contributed by atoms with Gasteiger partial charge >= 0.3 is 12.1 Å². The van der Waals surface area contributed by atoms with Gasteiger partial charge in [-0.3, -0.25) is 4.79 Å². The van der Waals surface area contributed by atoms with Gasteiger partial charge in [-0.2, -0.15) is 24.5 Å². The number of aromatic nitrogens is 2. The standard InChI is InChI=1S/C18H22N4O2S.C2HF3O2/c23-18(14-5-11-25-13-14)22-9-10-24-12-15(22)17-19-6-4-16(20-17)21-7-2-1-3-8-21;3-2(4,5)1(6)7/h4-6,11,13,15H,1-3,7-10,12H2;(H,6,7). The minimum atomic E-state index is -5.08. The summed E-state index contributed by atoms with van der Waals surface area (Å²) in [5.74, 6) is -1.10. The quantitative estimate of drug-likeness (QED) is 0.732. The monoisotopic (exact) mass is 472 g/mol. The molecule has 1 amide bonds. The zero-order valence-corrected chi connectivity index (χ0v) is 17.9. The van der Waals surface area contributed by atoms with Crippen molar-refractivity contribution in [2.75, 3.05) is 37.7 Å². The highest BCUT2D eigenvalue weighted by Crippen LogP contribution is 2.26. The van der Waals surface area contributed by atoms with E-state index in [1.165, 1.54) is 30.6 Å². The Balaban J connectivity index is 0.000000360. The summed E-state index contributed by atoms with van der Waals surface area (Å²) in [5, 5.41) is 10.9. The lowest BCUT2D eigenvalue weighted by atomic mass is 10.1. The average molecular weight is 472 g/mol. The number of carbonyl (C=O) groups excluding carboxylic acids is 1. The second-order valence-electron chi connectivity index (χ2n) is 7.22. The van der Waals surface area contributed by atoms with E-state index in [1.807, 2.05) is 27.8 Å². The Hall–Kier alpha value is -2.73. The maximum Gasteiger partial charge on any atom is 0.490 e. The number of ether oxygens (including phenoxy) is 1. The molecule has 0 radical (unpaired) electrons. The van der Waals surface area contributed by atoms with Gasteiger partial charge in [-0.25, -0.2) is 14.8 Å². The molecule has 174 valence electrons. The summed E-state index contributed by atoms with van der Waals surface area (Å²) in [7, 11) is 0. The number of carboxylic acids is 1. The molecule has 2 aromatic heterocycles. The first-order chi connectivity index (χ1) is 15.3. The number of rotatable bonds is 3. The first kappa shape index (κ1) is 23.9. The lowest BCUT2D eigenvalue weighted by Crippen LogP contribution is -2.44. The molecular weight excluding hydrogens is 449 g/mol. The number of anilines is 1. The molecule has 1 N–H and O–H groups in total. The highest BCUT2D eigenvalue weighted by atomic mass is 32.1. The highest BCUT2D eigenvalue weighted by Gasteiger charge is 2.38. The number of carboxylic acid groups (broad SMARTS) is 1. The molecule has 8 nitrogen and oxygen atoms in total. The van der Waals surface area contributed by atoms with E-state index in [9.17, 15) is 18.0 Å². The molecule has 0 spiro atoms. The molecule has 0 bridgehead atoms. The summed E-state index contributed by atoms with van der Waals surface area (Å²) >= 11 is 1.53. The lowest BCUT2D eigenvalue weighted by molar-refractivity contribution is -0.192. The van der Waals surface area contributed by atoms with Crippen LogP contribution in [0.25, 0.3) is 0 Å². The number of amides is 1. The molecular formula is C20H23F3N4O4S. The molecule has 12 heteroatoms. The van der Waals surface area contributed by atoms with Gasteiger partial charge in [0, 0.05) is 31.2 Å². The summed E-state index contributed by atoms with van der Waals surface area (Å²) in [6.45, 7) is 3.64. The maximum atomic E-state index is 12.8. The lowest BCUT2D eigenvalue weighted by Gasteiger charge is -2.35. The van der Waals surface area contributed by atoms with E-state index in [0.717, 1.165) is 24.5 Å². The van der Waals surface area contributed by atoms with Crippen molar-refractivity contribution in [3.05, 3.63) is 40.5 Å². The topological polar surface area (TPSA) is 95.9 Å². The maximum absolute atomic E-state index is 12.8. The summed E-state index contributed by atoms with van der Waals surface area (Å²) in [5.41, 5.74) is 0.726. The normalized spacial score (nSPS) is 19.2. The Bertz CT molecular complexity index is 904. The van der Waals surface area contributed by atoms with Crippen LogP contribution in [0.2, 0.25) is 0 Å². The van der Waals surface area contributed by atoms with Crippen LogP contribution in [-0.4, -0.2) is 70.9 Å². The van der Waals surface area contributed by atoms with Crippen LogP contribution in [0, 0.1) is 0 Å². The van der Waals surface area contributed by atoms with Crippen molar-refractivity contribution in [1.82, 2.24) is 14.9 Å². The predicted octanol–water partition coefficient (Wildman–Crippen LogP) is 3.38. The van der Waals surface area contributed by atoms with Gasteiger partial charge in [0.2, 0.25) is 0 Å². The number of thiophene rings is 1. The van der Waals surface area contributed by atoms with Crippen LogP contribution in [0.4, 0.5) is 19.0 Å². The Morgan fingerprint density at radius 1 is 1.16 bits per heavy atom. The Morgan fingerprint density at radius 3 is 2.50 bits per heavy atom. The van der Waals surface area contributed by atoms with Crippen LogP contribution in [0.5, 0.6) is 0 Å². The van der Waals surface area contributed by atoms with Crippen molar-refractivity contribution in [3.8, 4) is 0 Å². The minimum absolute atomic E-state index is 0.0292. The molecule has 1 atom stereocenters. The van der Waals surface area contributed by atoms with Crippen LogP contribution in [0.3, 0.4) is 0 Å². The largest absolute Gasteiger partial charge is 0.490 e. The van der Waals surface area contributed by atoms with Crippen molar-refractivity contribution in [2.24, 2.45) is 0 Å². The molecule has 0 aromatic carbocycles. The van der Waals surface area contributed by atoms with Crippen molar-refractivity contribution >= 4 is 29.0 Å². The molecule has 4 heterocycles. The number of carbonyl (C=O) groups is 2. The third-order valence-corrected chi connectivity index (χ3v) is 5.72. The van der Waals surface area contributed by atoms with Gasteiger partial charge in [-0.05, 0) is 36.8 Å². The number of hydrogen-bond donors (Lipinski definition) is 1. The Morgan fingerprint density at radius 2 is 1.88 bits per heavy atom. The molecule has 1 unspecified atom stereocenters. The molecule has 32 heavy (non-hydrogen) atoms. The molecule has 0 aliphatic carbocycles. The second-order valence-corrected chi connectivity index (χ2v) is 8.00. The third-order valence-electron chi connectivity index (χ3n) is 5.04. The van der Waals surface area contributed by atoms with Gasteiger partial charge in [-0.15, -0.1) is 0 Å². The summed E-state index contributed by atoms with van der Waals surface area (Å²) in [4.78, 5) is 35.1. The van der Waals surface area contributed by atoms with Crippen LogP contribution < -0.4 is 4.90 Å². The highest BCUT2D eigenvalue weighted by molar-refractivity contribution is 7.08. The van der Waals surface area contributed by atoms with Crippen molar-refractivity contribution in [3.63, 3.8) is 0 Å². The third kappa shape index (κ3) is 6.16. The number of aliphatic carboxylic acids is 1. The van der Waals surface area contributed by atoms with Gasteiger partial charge in [-0.1, -0.05) is 0 Å². The summed E-state index contributed by atoms with van der Waals surface area (Å²) in [6, 6.07) is 3.60. The van der Waals surface area contributed by atoms with Gasteiger partial charge in [0.15, 0.2) is 5.82 Å². The number of nitrogens with zero attached hydrogens (tertiary/aromatic N) is 4. The van der Waals surface area contributed by atoms with Crippen LogP contribution in [0.1, 0.15) is 41.5 Å². The molecule has 2 aromatic rings. The first-order valence-electron chi connectivity index (χ1n) is 10.1. The van der Waals surface area contributed by atoms with Gasteiger partial charge in [0.25, 0.3) is 5.91 Å². The van der Waals surface area contributed by atoms with E-state index < -0.39 is 12.1 Å². The van der Waals surface area contributed by atoms with Crippen LogP contribution in [-0.2, 0) is 9.53 Å². The summed E-state index contributed by atoms with van der Waals surface area (Å²) < 4.78 is 37.4. The smallest absolute Gasteiger partial charge is 0.475 e. The molecule has 4 rings (SSSR count). The minimum Gasteiger partial charge on any atom is -0.475 e. The van der Waals surface area contributed by atoms with Crippen LogP contribution >= 0.6 is 11.3 Å². The molecule has 2 aliphatic heterocycles. The van der Waals surface area contributed by atoms with Crippen LogP contribution in [0.15, 0.2) is 29.1 Å². The molecule has 0 saturated carbocycles. The molecule has 2 fully saturated rings. The van der Waals surface area contributed by atoms with E-state index >= 15 is 0 Å². The average Bonchev–Trinajstić information content (AvgIpc) is 3.34. The van der Waals surface area contributed by atoms with E-state index in [1.54, 1.807) is 6.20 Å². The van der Waals surface area contributed by atoms with Gasteiger partial charge in [0.1, 0.15) is 11.9 Å². The van der Waals surface area contributed by atoms with E-state index in [-0.39, 0.29) is 11.9 Å².